The van der Waals surface area contributed by atoms with Crippen molar-refractivity contribution in [1.29, 1.82) is 0 Å². The minimum absolute atomic E-state index is 0.148. The zero-order chi connectivity index (χ0) is 15.7. The molecule has 1 saturated heterocycles. The SMILES string of the molecule is C/C=C/c1ccc(C2(CC)OC2c2ccccc2C)c(C)c1. The van der Waals surface area contributed by atoms with Crippen molar-refractivity contribution in [3.8, 4) is 0 Å². The molecule has 0 N–H and O–H groups in total. The molecule has 1 aliphatic heterocycles. The number of rotatable bonds is 4. The third-order valence-electron chi connectivity index (χ3n) is 4.76. The number of hydrogen-bond donors (Lipinski definition) is 0. The Hall–Kier alpha value is -1.86. The molecule has 22 heavy (non-hydrogen) atoms. The molecule has 114 valence electrons. The first-order valence-electron chi connectivity index (χ1n) is 8.09. The summed E-state index contributed by atoms with van der Waals surface area (Å²) in [5.41, 5.74) is 6.38. The first-order valence-corrected chi connectivity index (χ1v) is 8.09. The Labute approximate surface area is 133 Å². The molecule has 0 saturated carbocycles. The number of allylic oxidation sites excluding steroid dienone is 1. The van der Waals surface area contributed by atoms with Crippen LogP contribution in [0.5, 0.6) is 0 Å². The van der Waals surface area contributed by atoms with E-state index in [4.69, 9.17) is 4.74 Å². The second kappa shape index (κ2) is 5.73. The lowest BCUT2D eigenvalue weighted by atomic mass is 9.85. The Balaban J connectivity index is 1.98. The minimum atomic E-state index is -0.148. The zero-order valence-corrected chi connectivity index (χ0v) is 13.9. The van der Waals surface area contributed by atoms with E-state index in [-0.39, 0.29) is 11.7 Å². The summed E-state index contributed by atoms with van der Waals surface area (Å²) >= 11 is 0. The smallest absolute Gasteiger partial charge is 0.124 e. The summed E-state index contributed by atoms with van der Waals surface area (Å²) < 4.78 is 6.27. The predicted molar refractivity (Wildman–Crippen MR) is 92.9 cm³/mol. The van der Waals surface area contributed by atoms with Crippen LogP contribution in [0, 0.1) is 13.8 Å². The fourth-order valence-electron chi connectivity index (χ4n) is 3.49. The van der Waals surface area contributed by atoms with Gasteiger partial charge in [-0.25, -0.2) is 0 Å². The van der Waals surface area contributed by atoms with Crippen molar-refractivity contribution in [2.45, 2.75) is 45.8 Å². The third kappa shape index (κ3) is 2.40. The Bertz CT molecular complexity index is 714. The summed E-state index contributed by atoms with van der Waals surface area (Å²) in [6, 6.07) is 15.2. The molecule has 0 aromatic heterocycles. The van der Waals surface area contributed by atoms with Gasteiger partial charge in [0, 0.05) is 0 Å². The summed E-state index contributed by atoms with van der Waals surface area (Å²) in [4.78, 5) is 0. The number of hydrogen-bond acceptors (Lipinski definition) is 1. The van der Waals surface area contributed by atoms with Gasteiger partial charge in [-0.2, -0.15) is 0 Å². The summed E-state index contributed by atoms with van der Waals surface area (Å²) in [6.45, 7) is 8.63. The lowest BCUT2D eigenvalue weighted by molar-refractivity contribution is 0.289. The molecule has 1 aliphatic rings. The monoisotopic (exact) mass is 292 g/mol. The topological polar surface area (TPSA) is 12.5 Å². The predicted octanol–water partition coefficient (Wildman–Crippen LogP) is 5.71. The van der Waals surface area contributed by atoms with Crippen molar-refractivity contribution in [1.82, 2.24) is 0 Å². The zero-order valence-electron chi connectivity index (χ0n) is 13.9. The maximum absolute atomic E-state index is 6.27. The van der Waals surface area contributed by atoms with Gasteiger partial charge in [0.1, 0.15) is 11.7 Å². The molecule has 1 fully saturated rings. The third-order valence-corrected chi connectivity index (χ3v) is 4.76. The van der Waals surface area contributed by atoms with Crippen molar-refractivity contribution in [2.24, 2.45) is 0 Å². The molecule has 0 radical (unpaired) electrons. The Morgan fingerprint density at radius 2 is 1.86 bits per heavy atom. The van der Waals surface area contributed by atoms with Crippen LogP contribution in [-0.4, -0.2) is 0 Å². The molecule has 2 unspecified atom stereocenters. The summed E-state index contributed by atoms with van der Waals surface area (Å²) in [5.74, 6) is 0. The fourth-order valence-corrected chi connectivity index (χ4v) is 3.49. The van der Waals surface area contributed by atoms with Gasteiger partial charge in [-0.1, -0.05) is 61.5 Å². The molecule has 1 heterocycles. The maximum Gasteiger partial charge on any atom is 0.124 e. The summed E-state index contributed by atoms with van der Waals surface area (Å²) in [5, 5.41) is 0. The van der Waals surface area contributed by atoms with E-state index in [2.05, 4.69) is 82.3 Å². The molecule has 1 nitrogen and oxygen atoms in total. The van der Waals surface area contributed by atoms with Crippen LogP contribution in [0.4, 0.5) is 0 Å². The first kappa shape index (κ1) is 15.1. The lowest BCUT2D eigenvalue weighted by Crippen LogP contribution is -2.11. The summed E-state index contributed by atoms with van der Waals surface area (Å²) in [6.07, 6.45) is 5.40. The number of ether oxygens (including phenoxy) is 1. The van der Waals surface area contributed by atoms with Crippen molar-refractivity contribution in [3.05, 3.63) is 76.4 Å². The molecular formula is C21H24O. The Kier molecular flexibility index (Phi) is 3.92. The highest BCUT2D eigenvalue weighted by molar-refractivity contribution is 5.53. The van der Waals surface area contributed by atoms with E-state index >= 15 is 0 Å². The van der Waals surface area contributed by atoms with Crippen LogP contribution in [0.2, 0.25) is 0 Å². The van der Waals surface area contributed by atoms with Gasteiger partial charge in [0.15, 0.2) is 0 Å². The van der Waals surface area contributed by atoms with E-state index < -0.39 is 0 Å². The van der Waals surface area contributed by atoms with Gasteiger partial charge in [-0.3, -0.25) is 0 Å². The molecule has 0 aliphatic carbocycles. The Morgan fingerprint density at radius 3 is 2.50 bits per heavy atom. The van der Waals surface area contributed by atoms with Crippen LogP contribution in [0.1, 0.15) is 54.2 Å². The normalized spacial score (nSPS) is 23.9. The van der Waals surface area contributed by atoms with Crippen LogP contribution in [-0.2, 0) is 10.3 Å². The lowest BCUT2D eigenvalue weighted by Gasteiger charge is -2.15. The number of benzene rings is 2. The van der Waals surface area contributed by atoms with Gasteiger partial charge in [0.05, 0.1) is 0 Å². The van der Waals surface area contributed by atoms with Crippen molar-refractivity contribution < 1.29 is 4.74 Å². The van der Waals surface area contributed by atoms with Crippen LogP contribution in [0.25, 0.3) is 6.08 Å². The molecular weight excluding hydrogens is 268 g/mol. The van der Waals surface area contributed by atoms with E-state index in [1.54, 1.807) is 0 Å². The van der Waals surface area contributed by atoms with Gasteiger partial charge in [-0.05, 0) is 55.0 Å². The van der Waals surface area contributed by atoms with Gasteiger partial charge in [-0.15, -0.1) is 0 Å². The molecule has 1 heteroatoms. The molecule has 0 amide bonds. The van der Waals surface area contributed by atoms with Gasteiger partial charge in [0.25, 0.3) is 0 Å². The van der Waals surface area contributed by atoms with Crippen molar-refractivity contribution in [3.63, 3.8) is 0 Å². The first-order chi connectivity index (χ1) is 10.6. The van der Waals surface area contributed by atoms with Gasteiger partial charge >= 0.3 is 0 Å². The number of aryl methyl sites for hydroxylation is 2. The average molecular weight is 292 g/mol. The molecule has 3 rings (SSSR count). The van der Waals surface area contributed by atoms with Crippen LogP contribution < -0.4 is 0 Å². The molecule has 0 bridgehead atoms. The minimum Gasteiger partial charge on any atom is -0.356 e. The number of epoxide rings is 1. The van der Waals surface area contributed by atoms with E-state index in [1.165, 1.54) is 27.8 Å². The van der Waals surface area contributed by atoms with Crippen LogP contribution in [0.3, 0.4) is 0 Å². The molecule has 0 spiro atoms. The molecule has 2 aromatic carbocycles. The van der Waals surface area contributed by atoms with Crippen LogP contribution in [0.15, 0.2) is 48.5 Å². The highest BCUT2D eigenvalue weighted by atomic mass is 16.6. The van der Waals surface area contributed by atoms with E-state index in [0.717, 1.165) is 6.42 Å². The second-order valence-corrected chi connectivity index (χ2v) is 6.17. The van der Waals surface area contributed by atoms with E-state index in [0.29, 0.717) is 0 Å². The second-order valence-electron chi connectivity index (χ2n) is 6.17. The quantitative estimate of drug-likeness (QED) is 0.657. The largest absolute Gasteiger partial charge is 0.356 e. The van der Waals surface area contributed by atoms with E-state index in [1.807, 2.05) is 0 Å². The fraction of sp³-hybridized carbons (Fsp3) is 0.333. The van der Waals surface area contributed by atoms with E-state index in [9.17, 15) is 0 Å². The highest BCUT2D eigenvalue weighted by Gasteiger charge is 2.57. The summed E-state index contributed by atoms with van der Waals surface area (Å²) in [7, 11) is 0. The maximum atomic E-state index is 6.27. The van der Waals surface area contributed by atoms with Crippen molar-refractivity contribution in [2.75, 3.05) is 0 Å². The van der Waals surface area contributed by atoms with Gasteiger partial charge < -0.3 is 4.74 Å². The highest BCUT2D eigenvalue weighted by Crippen LogP contribution is 2.60. The standard InChI is InChI=1S/C21H24O/c1-5-9-17-12-13-19(16(4)14-17)21(6-2)20(22-21)18-11-8-7-10-15(18)3/h5,7-14,20H,6H2,1-4H3/b9-5+. The van der Waals surface area contributed by atoms with Crippen molar-refractivity contribution >= 4 is 6.08 Å². The average Bonchev–Trinajstić information content (AvgIpc) is 3.24. The molecule has 2 atom stereocenters. The molecule has 2 aromatic rings. The Morgan fingerprint density at radius 1 is 1.09 bits per heavy atom. The van der Waals surface area contributed by atoms with Gasteiger partial charge in [0.2, 0.25) is 0 Å². The van der Waals surface area contributed by atoms with Crippen LogP contribution >= 0.6 is 0 Å².